The number of halogens is 2. The van der Waals surface area contributed by atoms with Gasteiger partial charge in [-0.3, -0.25) is 4.79 Å². The van der Waals surface area contributed by atoms with Crippen LogP contribution in [0.25, 0.3) is 11.5 Å². The molecule has 24 heavy (non-hydrogen) atoms. The quantitative estimate of drug-likeness (QED) is 0.909. The Hall–Kier alpha value is -2.51. The average molecular weight is 336 g/mol. The van der Waals surface area contributed by atoms with Crippen LogP contribution in [0.1, 0.15) is 18.9 Å². The molecule has 0 saturated carbocycles. The highest BCUT2D eigenvalue weighted by Gasteiger charge is 2.40. The van der Waals surface area contributed by atoms with Crippen LogP contribution in [0.5, 0.6) is 0 Å². The smallest absolute Gasteiger partial charge is 0.316 e. The molecule has 2 aromatic rings. The van der Waals surface area contributed by atoms with Gasteiger partial charge in [-0.05, 0) is 32.4 Å². The topological polar surface area (TPSA) is 71.3 Å². The van der Waals surface area contributed by atoms with Gasteiger partial charge in [0.25, 0.3) is 6.43 Å². The third-order valence-electron chi connectivity index (χ3n) is 4.07. The maximum atomic E-state index is 12.7. The number of carbonyl (C=O) groups excluding carboxylic acids is 1. The summed E-state index contributed by atoms with van der Waals surface area (Å²) >= 11 is 0. The SMILES string of the molecule is Cc1ccc(-c2nnc(N[C@H](C)C(=O)N3CC[C@H]3C(F)F)o2)cc1. The molecular weight excluding hydrogens is 318 g/mol. The number of anilines is 1. The fraction of sp³-hybridized carbons (Fsp3) is 0.438. The molecule has 128 valence electrons. The van der Waals surface area contributed by atoms with E-state index in [4.69, 9.17) is 4.42 Å². The van der Waals surface area contributed by atoms with Crippen LogP contribution in [0.2, 0.25) is 0 Å². The first kappa shape index (κ1) is 16.4. The summed E-state index contributed by atoms with van der Waals surface area (Å²) in [5.41, 5.74) is 1.87. The number of aryl methyl sites for hydroxylation is 1. The molecule has 1 fully saturated rings. The minimum atomic E-state index is -2.52. The number of nitrogens with zero attached hydrogens (tertiary/aromatic N) is 3. The first-order valence-electron chi connectivity index (χ1n) is 7.71. The molecule has 1 saturated heterocycles. The summed E-state index contributed by atoms with van der Waals surface area (Å²) in [6, 6.07) is 5.93. The van der Waals surface area contributed by atoms with Crippen LogP contribution in [-0.2, 0) is 4.79 Å². The third-order valence-corrected chi connectivity index (χ3v) is 4.07. The number of rotatable bonds is 5. The molecule has 2 atom stereocenters. The molecule has 0 bridgehead atoms. The van der Waals surface area contributed by atoms with Gasteiger partial charge in [0.15, 0.2) is 0 Å². The van der Waals surface area contributed by atoms with Crippen molar-refractivity contribution in [3.63, 3.8) is 0 Å². The van der Waals surface area contributed by atoms with E-state index in [2.05, 4.69) is 15.5 Å². The first-order chi connectivity index (χ1) is 11.5. The van der Waals surface area contributed by atoms with Gasteiger partial charge in [-0.1, -0.05) is 22.8 Å². The highest BCUT2D eigenvalue weighted by molar-refractivity contribution is 5.84. The van der Waals surface area contributed by atoms with Crippen LogP contribution in [0.15, 0.2) is 28.7 Å². The summed E-state index contributed by atoms with van der Waals surface area (Å²) in [7, 11) is 0. The van der Waals surface area contributed by atoms with Crippen molar-refractivity contribution in [3.8, 4) is 11.5 Å². The number of amides is 1. The van der Waals surface area contributed by atoms with E-state index in [9.17, 15) is 13.6 Å². The second-order valence-electron chi connectivity index (χ2n) is 5.87. The lowest BCUT2D eigenvalue weighted by molar-refractivity contribution is -0.146. The standard InChI is InChI=1S/C16H18F2N4O2/c1-9-3-5-11(6-4-9)14-20-21-16(24-14)19-10(2)15(23)22-8-7-12(22)13(17)18/h3-6,10,12-13H,7-8H2,1-2H3,(H,19,21)/t10-,12+/m1/s1. The van der Waals surface area contributed by atoms with Gasteiger partial charge in [0.2, 0.25) is 11.8 Å². The predicted molar refractivity (Wildman–Crippen MR) is 83.7 cm³/mol. The Morgan fingerprint density at radius 1 is 1.33 bits per heavy atom. The highest BCUT2D eigenvalue weighted by atomic mass is 19.3. The molecule has 1 amide bonds. The van der Waals surface area contributed by atoms with Crippen LogP contribution in [0.4, 0.5) is 14.8 Å². The van der Waals surface area contributed by atoms with Crippen molar-refractivity contribution < 1.29 is 18.0 Å². The molecule has 0 aliphatic carbocycles. The van der Waals surface area contributed by atoms with Crippen molar-refractivity contribution >= 4 is 11.9 Å². The summed E-state index contributed by atoms with van der Waals surface area (Å²) in [5.74, 6) is -0.0757. The second kappa shape index (κ2) is 6.54. The van der Waals surface area contributed by atoms with Crippen LogP contribution in [0, 0.1) is 6.92 Å². The number of carbonyl (C=O) groups is 1. The number of nitrogens with one attached hydrogen (secondary N) is 1. The lowest BCUT2D eigenvalue weighted by Crippen LogP contribution is -2.58. The average Bonchev–Trinajstić information content (AvgIpc) is 2.94. The van der Waals surface area contributed by atoms with E-state index in [1.165, 1.54) is 4.90 Å². The second-order valence-corrected chi connectivity index (χ2v) is 5.87. The van der Waals surface area contributed by atoms with Crippen LogP contribution in [-0.4, -0.2) is 46.1 Å². The van der Waals surface area contributed by atoms with E-state index in [0.717, 1.165) is 11.1 Å². The van der Waals surface area contributed by atoms with E-state index in [0.29, 0.717) is 18.9 Å². The minimum Gasteiger partial charge on any atom is -0.403 e. The van der Waals surface area contributed by atoms with Gasteiger partial charge >= 0.3 is 6.01 Å². The number of aromatic nitrogens is 2. The molecule has 0 spiro atoms. The fourth-order valence-corrected chi connectivity index (χ4v) is 2.53. The zero-order valence-corrected chi connectivity index (χ0v) is 13.4. The Bertz CT molecular complexity index is 717. The Labute approximate surface area is 137 Å². The molecule has 1 aromatic heterocycles. The molecule has 1 aromatic carbocycles. The van der Waals surface area contributed by atoms with Crippen molar-refractivity contribution in [1.82, 2.24) is 15.1 Å². The Balaban J connectivity index is 1.64. The molecule has 1 aliphatic rings. The first-order valence-corrected chi connectivity index (χ1v) is 7.71. The van der Waals surface area contributed by atoms with E-state index in [-0.39, 0.29) is 6.01 Å². The van der Waals surface area contributed by atoms with E-state index in [1.807, 2.05) is 31.2 Å². The number of likely N-dealkylation sites (tertiary alicyclic amines) is 1. The Morgan fingerprint density at radius 3 is 2.62 bits per heavy atom. The number of alkyl halides is 2. The van der Waals surface area contributed by atoms with Gasteiger partial charge < -0.3 is 14.6 Å². The Kier molecular flexibility index (Phi) is 4.46. The molecule has 1 aliphatic heterocycles. The highest BCUT2D eigenvalue weighted by Crippen LogP contribution is 2.25. The number of hydrogen-bond acceptors (Lipinski definition) is 5. The summed E-state index contributed by atoms with van der Waals surface area (Å²) in [4.78, 5) is 13.4. The monoisotopic (exact) mass is 336 g/mol. The minimum absolute atomic E-state index is 0.0838. The molecule has 0 radical (unpaired) electrons. The molecule has 8 heteroatoms. The Morgan fingerprint density at radius 2 is 2.04 bits per heavy atom. The molecule has 3 rings (SSSR count). The lowest BCUT2D eigenvalue weighted by Gasteiger charge is -2.41. The summed E-state index contributed by atoms with van der Waals surface area (Å²) in [6.45, 7) is 3.90. The van der Waals surface area contributed by atoms with Gasteiger partial charge in [-0.25, -0.2) is 8.78 Å². The van der Waals surface area contributed by atoms with E-state index < -0.39 is 24.4 Å². The molecule has 2 heterocycles. The van der Waals surface area contributed by atoms with Crippen molar-refractivity contribution in [3.05, 3.63) is 29.8 Å². The molecule has 1 N–H and O–H groups in total. The van der Waals surface area contributed by atoms with Crippen molar-refractivity contribution in [2.24, 2.45) is 0 Å². The van der Waals surface area contributed by atoms with Crippen LogP contribution in [0.3, 0.4) is 0 Å². The zero-order chi connectivity index (χ0) is 17.3. The summed E-state index contributed by atoms with van der Waals surface area (Å²) in [6.07, 6.45) is -2.19. The van der Waals surface area contributed by atoms with Gasteiger partial charge in [0, 0.05) is 12.1 Å². The predicted octanol–water partition coefficient (Wildman–Crippen LogP) is 2.71. The van der Waals surface area contributed by atoms with Gasteiger partial charge in [-0.2, -0.15) is 0 Å². The largest absolute Gasteiger partial charge is 0.403 e. The maximum Gasteiger partial charge on any atom is 0.316 e. The molecule has 6 nitrogen and oxygen atoms in total. The van der Waals surface area contributed by atoms with Gasteiger partial charge in [0.1, 0.15) is 6.04 Å². The summed E-state index contributed by atoms with van der Waals surface area (Å²) < 4.78 is 31.0. The zero-order valence-electron chi connectivity index (χ0n) is 13.4. The van der Waals surface area contributed by atoms with Gasteiger partial charge in [0.05, 0.1) is 6.04 Å². The van der Waals surface area contributed by atoms with Crippen molar-refractivity contribution in [2.75, 3.05) is 11.9 Å². The van der Waals surface area contributed by atoms with E-state index in [1.54, 1.807) is 6.92 Å². The van der Waals surface area contributed by atoms with Crippen molar-refractivity contribution in [1.29, 1.82) is 0 Å². The fourth-order valence-electron chi connectivity index (χ4n) is 2.53. The summed E-state index contributed by atoms with van der Waals surface area (Å²) in [5, 5.41) is 10.6. The lowest BCUT2D eigenvalue weighted by atomic mass is 10.0. The molecular formula is C16H18F2N4O2. The van der Waals surface area contributed by atoms with Crippen LogP contribution >= 0.6 is 0 Å². The third kappa shape index (κ3) is 3.22. The van der Waals surface area contributed by atoms with Crippen molar-refractivity contribution in [2.45, 2.75) is 38.8 Å². The molecule has 0 unspecified atom stereocenters. The van der Waals surface area contributed by atoms with Crippen LogP contribution < -0.4 is 5.32 Å². The number of hydrogen-bond donors (Lipinski definition) is 1. The number of benzene rings is 1. The normalized spacial score (nSPS) is 18.4. The maximum absolute atomic E-state index is 12.7. The van der Waals surface area contributed by atoms with Gasteiger partial charge in [-0.15, -0.1) is 5.10 Å². The van der Waals surface area contributed by atoms with E-state index >= 15 is 0 Å².